The van der Waals surface area contributed by atoms with Crippen LogP contribution < -0.4 is 4.57 Å². The molecule has 0 aliphatic carbocycles. The number of hydrogen-bond acceptors (Lipinski definition) is 4. The summed E-state index contributed by atoms with van der Waals surface area (Å²) in [4.78, 5) is 7.54. The summed E-state index contributed by atoms with van der Waals surface area (Å²) in [6, 6.07) is 4.31. The number of aromatic amines is 1. The van der Waals surface area contributed by atoms with Crippen molar-refractivity contribution in [3.05, 3.63) is 41.3 Å². The molecule has 3 rings (SSSR count). The highest BCUT2D eigenvalue weighted by molar-refractivity contribution is 5.73. The van der Waals surface area contributed by atoms with Crippen molar-refractivity contribution in [1.82, 2.24) is 15.1 Å². The Bertz CT molecular complexity index is 745. The fraction of sp³-hybridized carbons (Fsp3) is 0.357. The summed E-state index contributed by atoms with van der Waals surface area (Å²) >= 11 is 0. The minimum Gasteiger partial charge on any atom is -0.375 e. The molecule has 0 aliphatic heterocycles. The maximum Gasteiger partial charge on any atom is 0.252 e. The zero-order chi connectivity index (χ0) is 14.1. The van der Waals surface area contributed by atoms with Crippen LogP contribution in [0, 0.1) is 13.8 Å². The summed E-state index contributed by atoms with van der Waals surface area (Å²) in [5, 5.41) is 3.96. The van der Waals surface area contributed by atoms with E-state index in [2.05, 4.69) is 45.7 Å². The SMILES string of the molecule is COCc1nc(C[n+]2c[nH]c3cc(C)c(C)cc32)no1. The van der Waals surface area contributed by atoms with Gasteiger partial charge in [-0.25, -0.2) is 9.55 Å². The van der Waals surface area contributed by atoms with E-state index in [1.54, 1.807) is 7.11 Å². The minimum atomic E-state index is 0.337. The van der Waals surface area contributed by atoms with Gasteiger partial charge in [-0.05, 0) is 37.1 Å². The number of hydrogen-bond donors (Lipinski definition) is 1. The zero-order valence-electron chi connectivity index (χ0n) is 11.8. The Hall–Kier alpha value is -2.21. The van der Waals surface area contributed by atoms with Gasteiger partial charge in [0.1, 0.15) is 6.61 Å². The van der Waals surface area contributed by atoms with Gasteiger partial charge in [-0.1, -0.05) is 5.16 Å². The third-order valence-electron chi connectivity index (χ3n) is 3.39. The summed E-state index contributed by atoms with van der Waals surface area (Å²) < 4.78 is 12.1. The molecule has 0 radical (unpaired) electrons. The van der Waals surface area contributed by atoms with Gasteiger partial charge < -0.3 is 9.26 Å². The zero-order valence-corrected chi connectivity index (χ0v) is 11.8. The van der Waals surface area contributed by atoms with E-state index in [-0.39, 0.29) is 0 Å². The molecule has 0 bridgehead atoms. The number of rotatable bonds is 4. The largest absolute Gasteiger partial charge is 0.375 e. The normalized spacial score (nSPS) is 11.3. The second-order valence-corrected chi connectivity index (χ2v) is 4.89. The molecular weight excluding hydrogens is 256 g/mol. The van der Waals surface area contributed by atoms with Gasteiger partial charge in [0.25, 0.3) is 5.89 Å². The van der Waals surface area contributed by atoms with E-state index in [0.29, 0.717) is 24.9 Å². The van der Waals surface area contributed by atoms with Crippen molar-refractivity contribution in [2.45, 2.75) is 27.0 Å². The molecule has 0 spiro atoms. The lowest BCUT2D eigenvalue weighted by atomic mass is 10.1. The number of aryl methyl sites for hydroxylation is 2. The number of ether oxygens (including phenoxy) is 1. The first-order valence-electron chi connectivity index (χ1n) is 6.45. The Labute approximate surface area is 116 Å². The summed E-state index contributed by atoms with van der Waals surface area (Å²) in [6.07, 6.45) is 1.93. The van der Waals surface area contributed by atoms with Crippen LogP contribution in [0.3, 0.4) is 0 Å². The number of nitrogens with one attached hydrogen (secondary N) is 1. The van der Waals surface area contributed by atoms with Gasteiger partial charge in [0, 0.05) is 7.11 Å². The molecule has 0 saturated heterocycles. The van der Waals surface area contributed by atoms with Gasteiger partial charge in [0.15, 0.2) is 17.6 Å². The molecule has 20 heavy (non-hydrogen) atoms. The molecule has 3 aromatic rings. The molecule has 0 saturated carbocycles. The number of aromatic nitrogens is 4. The van der Waals surface area contributed by atoms with Gasteiger partial charge in [-0.2, -0.15) is 4.98 Å². The molecule has 2 heterocycles. The van der Waals surface area contributed by atoms with Crippen molar-refractivity contribution in [3.63, 3.8) is 0 Å². The Kier molecular flexibility index (Phi) is 3.23. The summed E-state index contributed by atoms with van der Waals surface area (Å²) in [5.74, 6) is 1.14. The van der Waals surface area contributed by atoms with E-state index in [1.165, 1.54) is 11.1 Å². The van der Waals surface area contributed by atoms with Crippen LogP contribution in [-0.2, 0) is 17.9 Å². The third kappa shape index (κ3) is 2.30. The van der Waals surface area contributed by atoms with Crippen molar-refractivity contribution in [2.75, 3.05) is 7.11 Å². The van der Waals surface area contributed by atoms with E-state index in [0.717, 1.165) is 11.0 Å². The van der Waals surface area contributed by atoms with E-state index in [4.69, 9.17) is 9.26 Å². The summed E-state index contributed by atoms with van der Waals surface area (Å²) in [5.41, 5.74) is 4.77. The van der Waals surface area contributed by atoms with Crippen molar-refractivity contribution in [2.24, 2.45) is 0 Å². The fourth-order valence-corrected chi connectivity index (χ4v) is 2.19. The molecule has 1 N–H and O–H groups in total. The van der Waals surface area contributed by atoms with Gasteiger partial charge in [-0.3, -0.25) is 0 Å². The smallest absolute Gasteiger partial charge is 0.252 e. The molecule has 0 amide bonds. The monoisotopic (exact) mass is 273 g/mol. The molecule has 0 unspecified atom stereocenters. The lowest BCUT2D eigenvalue weighted by Gasteiger charge is -1.98. The number of imidazole rings is 1. The van der Waals surface area contributed by atoms with Crippen LogP contribution in [0.1, 0.15) is 22.8 Å². The van der Waals surface area contributed by atoms with Crippen molar-refractivity contribution >= 4 is 11.0 Å². The number of methoxy groups -OCH3 is 1. The maximum atomic E-state index is 5.10. The van der Waals surface area contributed by atoms with Crippen LogP contribution in [0.25, 0.3) is 11.0 Å². The van der Waals surface area contributed by atoms with Crippen molar-refractivity contribution < 1.29 is 13.8 Å². The number of benzene rings is 1. The summed E-state index contributed by atoms with van der Waals surface area (Å²) in [7, 11) is 1.60. The van der Waals surface area contributed by atoms with Crippen molar-refractivity contribution in [1.29, 1.82) is 0 Å². The molecule has 6 heteroatoms. The Morgan fingerprint density at radius 3 is 2.90 bits per heavy atom. The molecule has 6 nitrogen and oxygen atoms in total. The van der Waals surface area contributed by atoms with E-state index >= 15 is 0 Å². The van der Waals surface area contributed by atoms with Crippen LogP contribution in [0.4, 0.5) is 0 Å². The number of H-pyrrole nitrogens is 1. The average Bonchev–Trinajstić information content (AvgIpc) is 3.00. The van der Waals surface area contributed by atoms with Crippen LogP contribution in [0.15, 0.2) is 23.0 Å². The van der Waals surface area contributed by atoms with Crippen LogP contribution in [-0.4, -0.2) is 22.2 Å². The molecule has 0 aliphatic rings. The fourth-order valence-electron chi connectivity index (χ4n) is 2.19. The lowest BCUT2D eigenvalue weighted by Crippen LogP contribution is -2.33. The van der Waals surface area contributed by atoms with Crippen LogP contribution >= 0.6 is 0 Å². The van der Waals surface area contributed by atoms with E-state index in [9.17, 15) is 0 Å². The predicted molar refractivity (Wildman–Crippen MR) is 72.1 cm³/mol. The first kappa shape index (κ1) is 12.8. The number of nitrogens with zero attached hydrogens (tertiary/aromatic N) is 3. The second kappa shape index (κ2) is 5.05. The molecule has 0 fully saturated rings. The quantitative estimate of drug-likeness (QED) is 0.734. The van der Waals surface area contributed by atoms with Crippen molar-refractivity contribution in [3.8, 4) is 0 Å². The third-order valence-corrected chi connectivity index (χ3v) is 3.39. The standard InChI is InChI=1S/C14H16N4O2/c1-9-4-11-12(5-10(9)2)18(8-15-11)6-13-16-14(7-19-3)20-17-13/h4-5,8H,6-7H2,1-3H3/p+1. The Morgan fingerprint density at radius 2 is 2.10 bits per heavy atom. The van der Waals surface area contributed by atoms with Gasteiger partial charge in [0.05, 0.1) is 0 Å². The summed E-state index contributed by atoms with van der Waals surface area (Å²) in [6.45, 7) is 5.12. The Balaban J connectivity index is 1.92. The average molecular weight is 273 g/mol. The highest BCUT2D eigenvalue weighted by atomic mass is 16.5. The molecule has 2 aromatic heterocycles. The highest BCUT2D eigenvalue weighted by Gasteiger charge is 2.15. The van der Waals surface area contributed by atoms with Gasteiger partial charge >= 0.3 is 0 Å². The maximum absolute atomic E-state index is 5.10. The predicted octanol–water partition coefficient (Wildman–Crippen LogP) is 1.65. The first-order chi connectivity index (χ1) is 9.67. The van der Waals surface area contributed by atoms with E-state index in [1.807, 2.05) is 6.33 Å². The van der Waals surface area contributed by atoms with Crippen LogP contribution in [0.5, 0.6) is 0 Å². The molecule has 0 atom stereocenters. The Morgan fingerprint density at radius 1 is 1.30 bits per heavy atom. The lowest BCUT2D eigenvalue weighted by molar-refractivity contribution is -0.663. The minimum absolute atomic E-state index is 0.337. The molecule has 1 aromatic carbocycles. The molecule has 104 valence electrons. The second-order valence-electron chi connectivity index (χ2n) is 4.89. The van der Waals surface area contributed by atoms with Gasteiger partial charge in [0.2, 0.25) is 12.2 Å². The first-order valence-corrected chi connectivity index (χ1v) is 6.45. The number of fused-ring (bicyclic) bond motifs is 1. The highest BCUT2D eigenvalue weighted by Crippen LogP contribution is 2.15. The molecular formula is C14H17N4O2+. The van der Waals surface area contributed by atoms with E-state index < -0.39 is 0 Å². The topological polar surface area (TPSA) is 67.8 Å². The van der Waals surface area contributed by atoms with Gasteiger partial charge in [-0.15, -0.1) is 0 Å². The van der Waals surface area contributed by atoms with Crippen LogP contribution in [0.2, 0.25) is 0 Å².